The summed E-state index contributed by atoms with van der Waals surface area (Å²) in [4.78, 5) is 22.4. The van der Waals surface area contributed by atoms with E-state index >= 15 is 0 Å². The molecular weight excluding hydrogens is 366 g/mol. The molecule has 0 spiro atoms. The molecule has 0 aliphatic heterocycles. The number of carbonyl (C=O) groups excluding carboxylic acids is 1. The molecule has 3 rings (SSSR count). The van der Waals surface area contributed by atoms with E-state index in [4.69, 9.17) is 0 Å². The van der Waals surface area contributed by atoms with E-state index in [-0.39, 0.29) is 5.91 Å². The Bertz CT molecular complexity index is 799. The molecule has 8 heteroatoms. The molecule has 0 radical (unpaired) electrons. The molecule has 0 fully saturated rings. The van der Waals surface area contributed by atoms with Crippen LogP contribution in [0, 0.1) is 0 Å². The lowest BCUT2D eigenvalue weighted by Gasteiger charge is -2.23. The molecule has 1 amide bonds. The smallest absolute Gasteiger partial charge is 0.276 e. The van der Waals surface area contributed by atoms with Gasteiger partial charge in [-0.05, 0) is 11.1 Å². The van der Waals surface area contributed by atoms with Gasteiger partial charge in [-0.15, -0.1) is 0 Å². The summed E-state index contributed by atoms with van der Waals surface area (Å²) in [7, 11) is 0. The highest BCUT2D eigenvalue weighted by Crippen LogP contribution is 2.00. The predicted molar refractivity (Wildman–Crippen MR) is 111 cm³/mol. The molecule has 8 nitrogen and oxygen atoms in total. The van der Waals surface area contributed by atoms with Crippen LogP contribution < -0.4 is 21.7 Å². The van der Waals surface area contributed by atoms with Crippen molar-refractivity contribution in [1.29, 1.82) is 0 Å². The third-order valence-corrected chi connectivity index (χ3v) is 4.13. The van der Waals surface area contributed by atoms with Crippen LogP contribution in [0.3, 0.4) is 0 Å². The number of hydrogen-bond acceptors (Lipinski definition) is 7. The van der Waals surface area contributed by atoms with Gasteiger partial charge in [0.1, 0.15) is 5.69 Å². The van der Waals surface area contributed by atoms with Crippen molar-refractivity contribution >= 4 is 5.91 Å². The van der Waals surface area contributed by atoms with Gasteiger partial charge in [0.15, 0.2) is 0 Å². The molecular formula is C21H25N7O. The van der Waals surface area contributed by atoms with Crippen LogP contribution in [0.25, 0.3) is 0 Å². The van der Waals surface area contributed by atoms with Gasteiger partial charge in [0, 0.05) is 25.5 Å². The highest BCUT2D eigenvalue weighted by Gasteiger charge is 2.16. The topological polar surface area (TPSA) is 94.2 Å². The lowest BCUT2D eigenvalue weighted by Crippen LogP contribution is -2.50. The number of hydrazine groups is 2. The van der Waals surface area contributed by atoms with Crippen LogP contribution in [-0.2, 0) is 13.1 Å². The fourth-order valence-electron chi connectivity index (χ4n) is 2.59. The second-order valence-electron chi connectivity index (χ2n) is 6.28. The summed E-state index contributed by atoms with van der Waals surface area (Å²) < 4.78 is 0. The molecule has 0 aliphatic carbocycles. The van der Waals surface area contributed by atoms with Gasteiger partial charge in [-0.25, -0.2) is 15.8 Å². The van der Waals surface area contributed by atoms with Crippen LogP contribution in [0.15, 0.2) is 79.3 Å². The third-order valence-electron chi connectivity index (χ3n) is 4.13. The Morgan fingerprint density at radius 1 is 0.759 bits per heavy atom. The van der Waals surface area contributed by atoms with Crippen LogP contribution in [0.2, 0.25) is 0 Å². The van der Waals surface area contributed by atoms with Crippen LogP contribution in [0.1, 0.15) is 21.6 Å². The molecule has 3 aromatic rings. The first-order valence-electron chi connectivity index (χ1n) is 9.37. The van der Waals surface area contributed by atoms with E-state index in [2.05, 4.69) is 31.7 Å². The van der Waals surface area contributed by atoms with Crippen LogP contribution in [0.4, 0.5) is 0 Å². The zero-order valence-corrected chi connectivity index (χ0v) is 16.1. The van der Waals surface area contributed by atoms with Crippen molar-refractivity contribution in [3.05, 3.63) is 96.1 Å². The summed E-state index contributed by atoms with van der Waals surface area (Å²) in [5, 5.41) is 0. The summed E-state index contributed by atoms with van der Waals surface area (Å²) in [6, 6.07) is 20.1. The minimum absolute atomic E-state index is 0.221. The summed E-state index contributed by atoms with van der Waals surface area (Å²) in [5.74, 6) is -0.221. The largest absolute Gasteiger partial charge is 0.309 e. The second-order valence-corrected chi connectivity index (χ2v) is 6.28. The summed E-state index contributed by atoms with van der Waals surface area (Å²) in [6.45, 7) is 1.88. The molecule has 150 valence electrons. The number of aromatic nitrogens is 2. The van der Waals surface area contributed by atoms with Crippen molar-refractivity contribution in [1.82, 2.24) is 36.6 Å². The zero-order chi connectivity index (χ0) is 20.2. The molecule has 0 aliphatic rings. The lowest BCUT2D eigenvalue weighted by molar-refractivity contribution is 0.0702. The van der Waals surface area contributed by atoms with Crippen LogP contribution >= 0.6 is 0 Å². The Hall–Kier alpha value is -3.17. The minimum Gasteiger partial charge on any atom is -0.309 e. The molecule has 29 heavy (non-hydrogen) atoms. The second kappa shape index (κ2) is 11.6. The molecule has 1 heterocycles. The Balaban J connectivity index is 1.49. The first-order valence-corrected chi connectivity index (χ1v) is 9.37. The highest BCUT2D eigenvalue weighted by molar-refractivity contribution is 5.91. The van der Waals surface area contributed by atoms with Crippen molar-refractivity contribution in [2.24, 2.45) is 0 Å². The summed E-state index contributed by atoms with van der Waals surface area (Å²) in [5.41, 5.74) is 15.0. The molecule has 0 atom stereocenters. The fraction of sp³-hybridized carbons (Fsp3) is 0.190. The number of nitrogens with zero attached hydrogens (tertiary/aromatic N) is 3. The van der Waals surface area contributed by atoms with Gasteiger partial charge in [-0.2, -0.15) is 0 Å². The van der Waals surface area contributed by atoms with Gasteiger partial charge >= 0.3 is 0 Å². The molecule has 4 N–H and O–H groups in total. The van der Waals surface area contributed by atoms with Crippen molar-refractivity contribution < 1.29 is 4.79 Å². The maximum atomic E-state index is 12.8. The molecule has 0 unspecified atom stereocenters. The van der Waals surface area contributed by atoms with Gasteiger partial charge < -0.3 is 4.90 Å². The number of amides is 1. The average Bonchev–Trinajstić information content (AvgIpc) is 2.79. The standard InChI is InChI=1S/C21H25N7O/c29-21(20-15-22-11-12-23-20)28(16-26-24-13-18-7-3-1-4-8-18)17-27-25-14-19-9-5-2-6-10-19/h1-12,15,24-27H,13-14,16-17H2. The molecule has 0 bridgehead atoms. The highest BCUT2D eigenvalue weighted by atomic mass is 16.2. The quantitative estimate of drug-likeness (QED) is 0.223. The Morgan fingerprint density at radius 2 is 1.31 bits per heavy atom. The number of carbonyl (C=O) groups is 1. The van der Waals surface area contributed by atoms with Crippen molar-refractivity contribution in [3.8, 4) is 0 Å². The van der Waals surface area contributed by atoms with Crippen LogP contribution in [-0.4, -0.2) is 34.1 Å². The SMILES string of the molecule is O=C(c1cnccn1)N(CNNCc1ccccc1)CNNCc1ccccc1. The first-order chi connectivity index (χ1) is 14.3. The van der Waals surface area contributed by atoms with Gasteiger partial charge in [-0.1, -0.05) is 60.7 Å². The van der Waals surface area contributed by atoms with Gasteiger partial charge in [0.2, 0.25) is 0 Å². The lowest BCUT2D eigenvalue weighted by atomic mass is 10.2. The molecule has 2 aromatic carbocycles. The fourth-order valence-corrected chi connectivity index (χ4v) is 2.59. The maximum Gasteiger partial charge on any atom is 0.276 e. The Kier molecular flexibility index (Phi) is 8.24. The van der Waals surface area contributed by atoms with E-state index in [1.807, 2.05) is 60.7 Å². The summed E-state index contributed by atoms with van der Waals surface area (Å²) >= 11 is 0. The van der Waals surface area contributed by atoms with Gasteiger partial charge in [-0.3, -0.25) is 20.6 Å². The average molecular weight is 391 g/mol. The van der Waals surface area contributed by atoms with E-state index in [0.717, 1.165) is 11.1 Å². The van der Waals surface area contributed by atoms with E-state index in [1.54, 1.807) is 11.1 Å². The normalized spacial score (nSPS) is 10.6. The van der Waals surface area contributed by atoms with E-state index in [0.29, 0.717) is 32.1 Å². The number of benzene rings is 2. The van der Waals surface area contributed by atoms with Crippen molar-refractivity contribution in [2.75, 3.05) is 13.3 Å². The zero-order valence-electron chi connectivity index (χ0n) is 16.1. The van der Waals surface area contributed by atoms with Gasteiger partial charge in [0.25, 0.3) is 5.91 Å². The van der Waals surface area contributed by atoms with E-state index < -0.39 is 0 Å². The molecule has 0 saturated heterocycles. The first kappa shape index (κ1) is 20.6. The van der Waals surface area contributed by atoms with Crippen molar-refractivity contribution in [2.45, 2.75) is 13.1 Å². The number of hydrogen-bond donors (Lipinski definition) is 4. The third kappa shape index (κ3) is 7.05. The number of nitrogens with one attached hydrogen (secondary N) is 4. The van der Waals surface area contributed by atoms with Crippen LogP contribution in [0.5, 0.6) is 0 Å². The molecule has 0 saturated carbocycles. The Labute approximate surface area is 170 Å². The van der Waals surface area contributed by atoms with Gasteiger partial charge in [0.05, 0.1) is 19.5 Å². The van der Waals surface area contributed by atoms with E-state index in [9.17, 15) is 4.79 Å². The molecule has 1 aromatic heterocycles. The maximum absolute atomic E-state index is 12.8. The minimum atomic E-state index is -0.221. The summed E-state index contributed by atoms with van der Waals surface area (Å²) in [6.07, 6.45) is 4.51. The Morgan fingerprint density at radius 3 is 1.79 bits per heavy atom. The monoisotopic (exact) mass is 391 g/mol. The number of rotatable bonds is 11. The predicted octanol–water partition coefficient (Wildman–Crippen LogP) is 1.42. The van der Waals surface area contributed by atoms with E-state index in [1.165, 1.54) is 12.4 Å². The van der Waals surface area contributed by atoms with Crippen molar-refractivity contribution in [3.63, 3.8) is 0 Å².